The first kappa shape index (κ1) is 11.5. The number of hydrogen-bond donors (Lipinski definition) is 0. The number of aryl methyl sites for hydroxylation is 1. The summed E-state index contributed by atoms with van der Waals surface area (Å²) in [5.41, 5.74) is 0.997. The highest BCUT2D eigenvalue weighted by molar-refractivity contribution is 7.16. The van der Waals surface area contributed by atoms with Gasteiger partial charge in [0.05, 0.1) is 12.8 Å². The number of methoxy groups -OCH3 is 1. The summed E-state index contributed by atoms with van der Waals surface area (Å²) in [6.07, 6.45) is 1.39. The lowest BCUT2D eigenvalue weighted by Crippen LogP contribution is -2.27. The van der Waals surface area contributed by atoms with E-state index in [2.05, 4.69) is 9.72 Å². The van der Waals surface area contributed by atoms with Gasteiger partial charge in [0.2, 0.25) is 0 Å². The standard InChI is InChI=1S/C11H10N2O3S/c1-7-9(11(14)16-2)17-10(12-7)8-5-3-4-6-13(8)15/h3-6H,1-2H3. The molecule has 88 valence electrons. The zero-order chi connectivity index (χ0) is 12.4. The van der Waals surface area contributed by atoms with Crippen molar-refractivity contribution in [3.05, 3.63) is 40.2 Å². The van der Waals surface area contributed by atoms with E-state index >= 15 is 0 Å². The molecule has 0 unspecified atom stereocenters. The molecule has 2 rings (SSSR count). The van der Waals surface area contributed by atoms with E-state index in [1.165, 1.54) is 13.3 Å². The predicted molar refractivity (Wildman–Crippen MR) is 62.6 cm³/mol. The van der Waals surface area contributed by atoms with Crippen LogP contribution in [0.15, 0.2) is 24.4 Å². The van der Waals surface area contributed by atoms with Crippen molar-refractivity contribution in [3.8, 4) is 10.7 Å². The van der Waals surface area contributed by atoms with Gasteiger partial charge in [0.1, 0.15) is 4.88 Å². The second kappa shape index (κ2) is 4.50. The zero-order valence-electron chi connectivity index (χ0n) is 9.34. The Bertz CT molecular complexity index is 566. The van der Waals surface area contributed by atoms with E-state index in [1.807, 2.05) is 0 Å². The van der Waals surface area contributed by atoms with Crippen molar-refractivity contribution in [1.29, 1.82) is 0 Å². The number of carbonyl (C=O) groups excluding carboxylic acids is 1. The minimum absolute atomic E-state index is 0.423. The van der Waals surface area contributed by atoms with Crippen molar-refractivity contribution in [2.24, 2.45) is 0 Å². The third kappa shape index (κ3) is 2.12. The van der Waals surface area contributed by atoms with Gasteiger partial charge in [0, 0.05) is 12.1 Å². The molecule has 0 aliphatic rings. The molecule has 17 heavy (non-hydrogen) atoms. The van der Waals surface area contributed by atoms with E-state index in [-0.39, 0.29) is 0 Å². The van der Waals surface area contributed by atoms with Crippen LogP contribution < -0.4 is 4.73 Å². The van der Waals surface area contributed by atoms with Crippen LogP contribution in [-0.4, -0.2) is 18.1 Å². The molecule has 0 bridgehead atoms. The summed E-state index contributed by atoms with van der Waals surface area (Å²) in [6, 6.07) is 5.04. The Labute approximate surface area is 102 Å². The Balaban J connectivity index is 2.49. The Hall–Kier alpha value is -1.95. The molecular weight excluding hydrogens is 240 g/mol. The molecular formula is C11H10N2O3S. The van der Waals surface area contributed by atoms with E-state index in [1.54, 1.807) is 25.1 Å². The van der Waals surface area contributed by atoms with Gasteiger partial charge < -0.3 is 9.94 Å². The van der Waals surface area contributed by atoms with Crippen LogP contribution in [0.4, 0.5) is 0 Å². The molecule has 0 radical (unpaired) electrons. The van der Waals surface area contributed by atoms with Crippen LogP contribution in [0, 0.1) is 12.1 Å². The second-order valence-electron chi connectivity index (χ2n) is 3.34. The number of nitrogens with zero attached hydrogens (tertiary/aromatic N) is 2. The number of aromatic nitrogens is 2. The first-order valence-corrected chi connectivity index (χ1v) is 5.69. The summed E-state index contributed by atoms with van der Waals surface area (Å²) in [6.45, 7) is 1.71. The largest absolute Gasteiger partial charge is 0.618 e. The first-order valence-electron chi connectivity index (χ1n) is 4.88. The van der Waals surface area contributed by atoms with Crippen LogP contribution in [0.1, 0.15) is 15.4 Å². The van der Waals surface area contributed by atoms with Crippen LogP contribution >= 0.6 is 11.3 Å². The summed E-state index contributed by atoms with van der Waals surface area (Å²) in [5, 5.41) is 12.1. The SMILES string of the molecule is COC(=O)c1sc(-c2cccc[n+]2[O-])nc1C. The van der Waals surface area contributed by atoms with Crippen LogP contribution in [0.25, 0.3) is 10.7 Å². The Morgan fingerprint density at radius 2 is 2.29 bits per heavy atom. The second-order valence-corrected chi connectivity index (χ2v) is 4.34. The molecule has 6 heteroatoms. The molecule has 5 nitrogen and oxygen atoms in total. The Morgan fingerprint density at radius 3 is 2.94 bits per heavy atom. The molecule has 2 aromatic heterocycles. The summed E-state index contributed by atoms with van der Waals surface area (Å²) in [7, 11) is 1.32. The van der Waals surface area contributed by atoms with Gasteiger partial charge >= 0.3 is 5.97 Å². The highest BCUT2D eigenvalue weighted by Crippen LogP contribution is 2.25. The van der Waals surface area contributed by atoms with Gasteiger partial charge in [0.25, 0.3) is 5.69 Å². The van der Waals surface area contributed by atoms with Gasteiger partial charge in [-0.2, -0.15) is 4.73 Å². The van der Waals surface area contributed by atoms with Gasteiger partial charge in [-0.3, -0.25) is 0 Å². The smallest absolute Gasteiger partial charge is 0.349 e. The van der Waals surface area contributed by atoms with Gasteiger partial charge in [-0.1, -0.05) is 0 Å². The lowest BCUT2D eigenvalue weighted by Gasteiger charge is -1.99. The molecule has 0 aliphatic heterocycles. The first-order chi connectivity index (χ1) is 8.13. The average molecular weight is 250 g/mol. The van der Waals surface area contributed by atoms with Crippen molar-refractivity contribution >= 4 is 17.3 Å². The van der Waals surface area contributed by atoms with E-state index in [0.717, 1.165) is 16.1 Å². The lowest BCUT2D eigenvalue weighted by molar-refractivity contribution is -0.593. The van der Waals surface area contributed by atoms with Gasteiger partial charge in [-0.05, 0) is 13.0 Å². The Kier molecular flexibility index (Phi) is 3.06. The summed E-state index contributed by atoms with van der Waals surface area (Å²) < 4.78 is 5.36. The molecule has 0 aromatic carbocycles. The number of rotatable bonds is 2. The van der Waals surface area contributed by atoms with Crippen molar-refractivity contribution in [1.82, 2.24) is 4.98 Å². The fourth-order valence-corrected chi connectivity index (χ4v) is 2.38. The number of carbonyl (C=O) groups is 1. The Morgan fingerprint density at radius 1 is 1.53 bits per heavy atom. The summed E-state index contributed by atoms with van der Waals surface area (Å²) in [4.78, 5) is 16.1. The maximum absolute atomic E-state index is 11.5. The van der Waals surface area contributed by atoms with E-state index in [9.17, 15) is 10.0 Å². The van der Waals surface area contributed by atoms with Gasteiger partial charge in [0.15, 0.2) is 11.2 Å². The van der Waals surface area contributed by atoms with Crippen LogP contribution in [-0.2, 0) is 4.74 Å². The van der Waals surface area contributed by atoms with Gasteiger partial charge in [-0.15, -0.1) is 11.3 Å². The molecule has 0 amide bonds. The molecule has 0 spiro atoms. The van der Waals surface area contributed by atoms with Crippen LogP contribution in [0.5, 0.6) is 0 Å². The zero-order valence-corrected chi connectivity index (χ0v) is 10.2. The number of hydrogen-bond acceptors (Lipinski definition) is 5. The van der Waals surface area contributed by atoms with Crippen LogP contribution in [0.3, 0.4) is 0 Å². The quantitative estimate of drug-likeness (QED) is 0.460. The highest BCUT2D eigenvalue weighted by Gasteiger charge is 2.20. The summed E-state index contributed by atoms with van der Waals surface area (Å²) >= 11 is 1.15. The topological polar surface area (TPSA) is 66.1 Å². The molecule has 2 aromatic rings. The van der Waals surface area contributed by atoms with Crippen molar-refractivity contribution in [3.63, 3.8) is 0 Å². The average Bonchev–Trinajstić information content (AvgIpc) is 2.71. The number of pyridine rings is 1. The van der Waals surface area contributed by atoms with E-state index in [4.69, 9.17) is 0 Å². The maximum atomic E-state index is 11.5. The van der Waals surface area contributed by atoms with E-state index < -0.39 is 5.97 Å². The number of thiazole rings is 1. The highest BCUT2D eigenvalue weighted by atomic mass is 32.1. The number of esters is 1. The fourth-order valence-electron chi connectivity index (χ4n) is 1.38. The van der Waals surface area contributed by atoms with Crippen molar-refractivity contribution < 1.29 is 14.3 Å². The minimum atomic E-state index is -0.431. The van der Waals surface area contributed by atoms with Crippen molar-refractivity contribution in [2.75, 3.05) is 7.11 Å². The van der Waals surface area contributed by atoms with Crippen molar-refractivity contribution in [2.45, 2.75) is 6.92 Å². The molecule has 0 aliphatic carbocycles. The fraction of sp³-hybridized carbons (Fsp3) is 0.182. The van der Waals surface area contributed by atoms with E-state index in [0.29, 0.717) is 21.3 Å². The lowest BCUT2D eigenvalue weighted by atomic mass is 10.3. The molecule has 2 heterocycles. The van der Waals surface area contributed by atoms with Gasteiger partial charge in [-0.25, -0.2) is 9.78 Å². The number of ether oxygens (including phenoxy) is 1. The molecule has 0 atom stereocenters. The monoisotopic (exact) mass is 250 g/mol. The normalized spacial score (nSPS) is 10.2. The maximum Gasteiger partial charge on any atom is 0.349 e. The predicted octanol–water partition coefficient (Wildman–Crippen LogP) is 1.54. The minimum Gasteiger partial charge on any atom is -0.618 e. The summed E-state index contributed by atoms with van der Waals surface area (Å²) in [5.74, 6) is -0.431. The molecule has 0 fully saturated rings. The molecule has 0 saturated heterocycles. The molecule has 0 N–H and O–H groups in total. The molecule has 0 saturated carbocycles. The van der Waals surface area contributed by atoms with Crippen LogP contribution in [0.2, 0.25) is 0 Å². The third-order valence-corrected chi connectivity index (χ3v) is 3.37. The third-order valence-electron chi connectivity index (χ3n) is 2.21.